The third-order valence-corrected chi connectivity index (χ3v) is 6.84. The van der Waals surface area contributed by atoms with Gasteiger partial charge >= 0.3 is 5.97 Å². The van der Waals surface area contributed by atoms with Gasteiger partial charge in [0.2, 0.25) is 5.75 Å². The summed E-state index contributed by atoms with van der Waals surface area (Å²) in [5.41, 5.74) is 3.57. The van der Waals surface area contributed by atoms with E-state index in [-0.39, 0.29) is 18.6 Å². The molecular weight excluding hydrogens is 536 g/mol. The number of carbonyl (C=O) groups excluding carboxylic acids is 1. The lowest BCUT2D eigenvalue weighted by molar-refractivity contribution is -0.143. The fraction of sp³-hybridized carbons (Fsp3) is 0.269. The minimum Gasteiger partial charge on any atom is -0.493 e. The van der Waals surface area contributed by atoms with Crippen molar-refractivity contribution in [3.8, 4) is 17.2 Å². The van der Waals surface area contributed by atoms with Gasteiger partial charge in [0.05, 0.1) is 41.0 Å². The lowest BCUT2D eigenvalue weighted by Gasteiger charge is -2.44. The molecule has 2 atom stereocenters. The SMILES string of the molecule is COC(=O)CN1[C@H](c2ccccc2Cl)c2cc(Br)ccc2N[C@H]1c1cc(OC)c(OC)c(OC)c1. The van der Waals surface area contributed by atoms with Crippen LogP contribution in [0.2, 0.25) is 5.02 Å². The number of nitrogens with one attached hydrogen (secondary N) is 1. The van der Waals surface area contributed by atoms with Gasteiger partial charge in [-0.25, -0.2) is 0 Å². The quantitative estimate of drug-likeness (QED) is 0.365. The fourth-order valence-corrected chi connectivity index (χ4v) is 5.04. The molecule has 7 nitrogen and oxygen atoms in total. The second kappa shape index (κ2) is 10.8. The highest BCUT2D eigenvalue weighted by atomic mass is 79.9. The Morgan fingerprint density at radius 3 is 2.26 bits per heavy atom. The van der Waals surface area contributed by atoms with E-state index in [0.29, 0.717) is 22.3 Å². The van der Waals surface area contributed by atoms with Gasteiger partial charge in [-0.3, -0.25) is 9.69 Å². The summed E-state index contributed by atoms with van der Waals surface area (Å²) in [7, 11) is 6.08. The zero-order chi connectivity index (χ0) is 25.1. The number of fused-ring (bicyclic) bond motifs is 1. The number of hydrogen-bond acceptors (Lipinski definition) is 7. The largest absolute Gasteiger partial charge is 0.493 e. The predicted molar refractivity (Wildman–Crippen MR) is 139 cm³/mol. The van der Waals surface area contributed by atoms with Gasteiger partial charge in [-0.05, 0) is 53.1 Å². The van der Waals surface area contributed by atoms with Crippen molar-refractivity contribution in [2.45, 2.75) is 12.2 Å². The summed E-state index contributed by atoms with van der Waals surface area (Å²) in [5.74, 6) is 1.14. The monoisotopic (exact) mass is 560 g/mol. The third-order valence-electron chi connectivity index (χ3n) is 6.01. The molecule has 0 aliphatic carbocycles. The van der Waals surface area contributed by atoms with Gasteiger partial charge in [-0.1, -0.05) is 45.7 Å². The predicted octanol–water partition coefficient (Wildman–Crippen LogP) is 5.82. The molecule has 184 valence electrons. The van der Waals surface area contributed by atoms with E-state index >= 15 is 0 Å². The summed E-state index contributed by atoms with van der Waals surface area (Å²) in [5, 5.41) is 4.18. The van der Waals surface area contributed by atoms with Crippen molar-refractivity contribution in [1.29, 1.82) is 0 Å². The highest BCUT2D eigenvalue weighted by Crippen LogP contribution is 2.48. The van der Waals surface area contributed by atoms with Crippen LogP contribution in [0.3, 0.4) is 0 Å². The van der Waals surface area contributed by atoms with E-state index in [4.69, 9.17) is 30.5 Å². The molecule has 0 amide bonds. The molecule has 1 N–H and O–H groups in total. The van der Waals surface area contributed by atoms with Gasteiger partial charge < -0.3 is 24.3 Å². The van der Waals surface area contributed by atoms with Gasteiger partial charge in [0.15, 0.2) is 11.5 Å². The van der Waals surface area contributed by atoms with Crippen molar-refractivity contribution >= 4 is 39.2 Å². The van der Waals surface area contributed by atoms with Crippen LogP contribution in [0.15, 0.2) is 59.1 Å². The fourth-order valence-electron chi connectivity index (χ4n) is 4.42. The molecule has 0 saturated carbocycles. The smallest absolute Gasteiger partial charge is 0.319 e. The first-order chi connectivity index (χ1) is 16.9. The van der Waals surface area contributed by atoms with Crippen molar-refractivity contribution in [1.82, 2.24) is 4.90 Å². The van der Waals surface area contributed by atoms with Crippen molar-refractivity contribution < 1.29 is 23.7 Å². The zero-order valence-electron chi connectivity index (χ0n) is 19.8. The molecule has 0 spiro atoms. The first kappa shape index (κ1) is 25.2. The molecule has 1 aliphatic rings. The van der Waals surface area contributed by atoms with E-state index in [1.165, 1.54) is 7.11 Å². The molecule has 1 aliphatic heterocycles. The average Bonchev–Trinajstić information content (AvgIpc) is 2.87. The Hall–Kier alpha value is -2.94. The van der Waals surface area contributed by atoms with Crippen LogP contribution >= 0.6 is 27.5 Å². The molecule has 3 aromatic rings. The van der Waals surface area contributed by atoms with Crippen molar-refractivity contribution in [3.05, 3.63) is 80.8 Å². The topological polar surface area (TPSA) is 69.3 Å². The third kappa shape index (κ3) is 4.91. The van der Waals surface area contributed by atoms with Gasteiger partial charge in [0.25, 0.3) is 0 Å². The van der Waals surface area contributed by atoms with E-state index in [1.807, 2.05) is 59.5 Å². The maximum Gasteiger partial charge on any atom is 0.319 e. The summed E-state index contributed by atoms with van der Waals surface area (Å²) in [6.45, 7) is 0.00662. The van der Waals surface area contributed by atoms with Crippen LogP contribution in [0.5, 0.6) is 17.2 Å². The van der Waals surface area contributed by atoms with Crippen LogP contribution in [0.4, 0.5) is 5.69 Å². The first-order valence-corrected chi connectivity index (χ1v) is 12.0. The summed E-state index contributed by atoms with van der Waals surface area (Å²) < 4.78 is 22.7. The van der Waals surface area contributed by atoms with Gasteiger partial charge in [-0.15, -0.1) is 0 Å². The van der Waals surface area contributed by atoms with Crippen LogP contribution in [-0.4, -0.2) is 45.9 Å². The van der Waals surface area contributed by atoms with Crippen LogP contribution in [0.1, 0.15) is 28.9 Å². The Morgan fingerprint density at radius 2 is 1.66 bits per heavy atom. The van der Waals surface area contributed by atoms with Crippen molar-refractivity contribution in [3.63, 3.8) is 0 Å². The number of nitrogens with zero attached hydrogens (tertiary/aromatic N) is 1. The number of carbonyl (C=O) groups is 1. The van der Waals surface area contributed by atoms with Crippen LogP contribution in [0.25, 0.3) is 0 Å². The van der Waals surface area contributed by atoms with E-state index in [9.17, 15) is 4.79 Å². The lowest BCUT2D eigenvalue weighted by Crippen LogP contribution is -2.44. The first-order valence-electron chi connectivity index (χ1n) is 10.8. The number of rotatable bonds is 7. The zero-order valence-corrected chi connectivity index (χ0v) is 22.1. The maximum absolute atomic E-state index is 12.6. The Morgan fingerprint density at radius 1 is 0.971 bits per heavy atom. The number of anilines is 1. The summed E-state index contributed by atoms with van der Waals surface area (Å²) >= 11 is 10.3. The highest BCUT2D eigenvalue weighted by Gasteiger charge is 2.39. The van der Waals surface area contributed by atoms with E-state index < -0.39 is 6.17 Å². The second-order valence-corrected chi connectivity index (χ2v) is 9.23. The number of esters is 1. The Labute approximate surface area is 218 Å². The second-order valence-electron chi connectivity index (χ2n) is 7.91. The molecule has 9 heteroatoms. The Bertz CT molecular complexity index is 1210. The normalized spacial score (nSPS) is 17.2. The molecule has 3 aromatic carbocycles. The average molecular weight is 562 g/mol. The van der Waals surface area contributed by atoms with E-state index in [0.717, 1.165) is 26.9 Å². The molecule has 0 unspecified atom stereocenters. The van der Waals surface area contributed by atoms with Gasteiger partial charge in [0.1, 0.15) is 6.17 Å². The highest BCUT2D eigenvalue weighted by molar-refractivity contribution is 9.10. The summed E-state index contributed by atoms with van der Waals surface area (Å²) in [6.07, 6.45) is -0.447. The molecule has 0 saturated heterocycles. The number of benzene rings is 3. The minimum absolute atomic E-state index is 0.00662. The lowest BCUT2D eigenvalue weighted by atomic mass is 9.91. The minimum atomic E-state index is -0.447. The molecular formula is C26H26BrClN2O5. The van der Waals surface area contributed by atoms with Crippen LogP contribution in [0, 0.1) is 0 Å². The van der Waals surface area contributed by atoms with Crippen LogP contribution < -0.4 is 19.5 Å². The molecule has 1 heterocycles. The molecule has 0 fully saturated rings. The van der Waals surface area contributed by atoms with E-state index in [1.54, 1.807) is 21.3 Å². The number of methoxy groups -OCH3 is 4. The molecule has 0 radical (unpaired) electrons. The standard InChI is InChI=1S/C26H26BrClN2O5/c1-32-21-11-15(12-22(33-2)25(21)35-4)26-29-20-10-9-16(27)13-18(20)24(30(26)14-23(31)34-3)17-7-5-6-8-19(17)28/h5-13,24,26,29H,14H2,1-4H3/t24-,26-/m1/s1. The van der Waals surface area contributed by atoms with Crippen molar-refractivity contribution in [2.75, 3.05) is 40.3 Å². The molecule has 0 bridgehead atoms. The van der Waals surface area contributed by atoms with E-state index in [2.05, 4.69) is 21.2 Å². The van der Waals surface area contributed by atoms with Gasteiger partial charge in [-0.2, -0.15) is 0 Å². The van der Waals surface area contributed by atoms with Crippen molar-refractivity contribution in [2.24, 2.45) is 0 Å². The van der Waals surface area contributed by atoms with Gasteiger partial charge in [0, 0.05) is 15.2 Å². The summed E-state index contributed by atoms with van der Waals surface area (Å²) in [6, 6.07) is 17.0. The Balaban J connectivity index is 1.96. The number of halogens is 2. The number of ether oxygens (including phenoxy) is 4. The van der Waals surface area contributed by atoms with Crippen LogP contribution in [-0.2, 0) is 9.53 Å². The maximum atomic E-state index is 12.6. The number of hydrogen-bond donors (Lipinski definition) is 1. The molecule has 0 aromatic heterocycles. The molecule has 35 heavy (non-hydrogen) atoms. The summed E-state index contributed by atoms with van der Waals surface area (Å²) in [4.78, 5) is 14.7. The molecule has 4 rings (SSSR count). The Kier molecular flexibility index (Phi) is 7.74.